The second-order valence-electron chi connectivity index (χ2n) is 11.9. The van der Waals surface area contributed by atoms with E-state index in [1.807, 2.05) is 40.5 Å². The first-order valence-electron chi connectivity index (χ1n) is 16.6. The number of carbonyl (C=O) groups is 3. The van der Waals surface area contributed by atoms with Crippen LogP contribution in [0.15, 0.2) is 58.2 Å². The van der Waals surface area contributed by atoms with E-state index in [0.29, 0.717) is 32.0 Å². The van der Waals surface area contributed by atoms with Crippen LogP contribution in [0.4, 0.5) is 0 Å². The molecule has 2 rings (SSSR count). The first-order valence-corrected chi connectivity index (χ1v) is 17.8. The lowest BCUT2D eigenvalue weighted by Gasteiger charge is -2.44. The number of hydrogen-bond donors (Lipinski definition) is 0. The van der Waals surface area contributed by atoms with Crippen LogP contribution in [0, 0.1) is 5.92 Å². The summed E-state index contributed by atoms with van der Waals surface area (Å²) in [7, 11) is 4.69. The molecule has 0 N–H and O–H groups in total. The van der Waals surface area contributed by atoms with E-state index >= 15 is 0 Å². The normalized spacial score (nSPS) is 23.0. The Bertz CT molecular complexity index is 1260. The Morgan fingerprint density at radius 2 is 1.58 bits per heavy atom. The fraction of sp³-hybridized carbons (Fsp3) is 0.595. The molecule has 1 heterocycles. The van der Waals surface area contributed by atoms with Gasteiger partial charge in [0.15, 0.2) is 18.5 Å². The average Bonchev–Trinajstić information content (AvgIpc) is 3.07. The summed E-state index contributed by atoms with van der Waals surface area (Å²) in [6.07, 6.45) is 4.06. The van der Waals surface area contributed by atoms with Crippen LogP contribution in [-0.2, 0) is 58.9 Å². The first-order chi connectivity index (χ1) is 23.9. The van der Waals surface area contributed by atoms with E-state index in [4.69, 9.17) is 42.6 Å². The third kappa shape index (κ3) is 15.6. The number of rotatable bonds is 21. The smallest absolute Gasteiger partial charge is 0.303 e. The quantitative estimate of drug-likeness (QED) is 0.0471. The number of ether oxygens (including phenoxy) is 9. The third-order valence-corrected chi connectivity index (χ3v) is 8.35. The van der Waals surface area contributed by atoms with Crippen molar-refractivity contribution in [1.82, 2.24) is 0 Å². The zero-order chi connectivity index (χ0) is 37.1. The van der Waals surface area contributed by atoms with Crippen LogP contribution in [0.3, 0.4) is 0 Å². The molecular formula is C37H53IO12. The molecule has 0 saturated carbocycles. The maximum atomic E-state index is 12.3. The van der Waals surface area contributed by atoms with E-state index in [9.17, 15) is 14.4 Å². The van der Waals surface area contributed by atoms with Gasteiger partial charge in [0.1, 0.15) is 24.6 Å². The molecule has 13 heteroatoms. The van der Waals surface area contributed by atoms with Crippen LogP contribution < -0.4 is 4.74 Å². The summed E-state index contributed by atoms with van der Waals surface area (Å²) in [5.41, 5.74) is 2.09. The fourth-order valence-corrected chi connectivity index (χ4v) is 5.74. The molecule has 0 aromatic heterocycles. The van der Waals surface area contributed by atoms with Gasteiger partial charge in [-0.25, -0.2) is 0 Å². The van der Waals surface area contributed by atoms with Gasteiger partial charge in [0, 0.05) is 48.0 Å². The number of allylic oxidation sites excluding steroid dienone is 2. The maximum absolute atomic E-state index is 12.3. The molecule has 1 fully saturated rings. The molecular weight excluding hydrogens is 763 g/mol. The first kappa shape index (κ1) is 43.3. The maximum Gasteiger partial charge on any atom is 0.303 e. The summed E-state index contributed by atoms with van der Waals surface area (Å²) in [4.78, 5) is 36.0. The van der Waals surface area contributed by atoms with E-state index in [0.717, 1.165) is 23.3 Å². The minimum Gasteiger partial charge on any atom is -0.497 e. The number of carbonyl (C=O) groups excluding carboxylic acids is 3. The van der Waals surface area contributed by atoms with Crippen LogP contribution in [-0.4, -0.2) is 95.4 Å². The summed E-state index contributed by atoms with van der Waals surface area (Å²) in [6, 6.07) is 7.60. The molecule has 1 aliphatic rings. The minimum absolute atomic E-state index is 0.153. The highest BCUT2D eigenvalue weighted by Gasteiger charge is 2.51. The van der Waals surface area contributed by atoms with Crippen molar-refractivity contribution in [3.8, 4) is 5.75 Å². The van der Waals surface area contributed by atoms with Gasteiger partial charge in [0.25, 0.3) is 0 Å². The van der Waals surface area contributed by atoms with Crippen LogP contribution in [0.25, 0.3) is 0 Å². The van der Waals surface area contributed by atoms with Crippen molar-refractivity contribution >= 4 is 40.5 Å². The summed E-state index contributed by atoms with van der Waals surface area (Å²) in [5, 5.41) is 0. The molecule has 12 nitrogen and oxygen atoms in total. The minimum atomic E-state index is -1.18. The van der Waals surface area contributed by atoms with E-state index in [1.165, 1.54) is 27.9 Å². The number of methoxy groups -OCH3 is 3. The number of hydrogen-bond acceptors (Lipinski definition) is 12. The number of halogens is 1. The molecule has 0 amide bonds. The lowest BCUT2D eigenvalue weighted by molar-refractivity contribution is -0.315. The Kier molecular flexibility index (Phi) is 20.5. The van der Waals surface area contributed by atoms with Crippen molar-refractivity contribution < 1.29 is 57.0 Å². The van der Waals surface area contributed by atoms with Crippen molar-refractivity contribution in [2.24, 2.45) is 5.92 Å². The molecule has 1 aromatic rings. The Morgan fingerprint density at radius 3 is 2.16 bits per heavy atom. The van der Waals surface area contributed by atoms with Crippen LogP contribution in [0.5, 0.6) is 5.75 Å². The Labute approximate surface area is 309 Å². The molecule has 8 atom stereocenters. The SMILES string of the molecule is COc1ccc(COCC[C@@H](/C=C/C[C@H](OC)/C(C)=C/C(C)C/C=C/I)O[C@@H]2O[C@H](COC(C)=O)[C@@H](OC(C)=O)[C@H](OC)[C@H]2OC(C)=O)cc1. The predicted octanol–water partition coefficient (Wildman–Crippen LogP) is 6.04. The Hall–Kier alpha value is -2.82. The summed E-state index contributed by atoms with van der Waals surface area (Å²) in [6.45, 7) is 8.40. The lowest BCUT2D eigenvalue weighted by atomic mass is 9.98. The highest BCUT2D eigenvalue weighted by atomic mass is 127. The zero-order valence-electron chi connectivity index (χ0n) is 30.3. The average molecular weight is 817 g/mol. The van der Waals surface area contributed by atoms with Crippen molar-refractivity contribution in [1.29, 1.82) is 0 Å². The third-order valence-electron chi connectivity index (χ3n) is 7.84. The molecule has 280 valence electrons. The van der Waals surface area contributed by atoms with Crippen molar-refractivity contribution in [2.75, 3.05) is 34.5 Å². The van der Waals surface area contributed by atoms with Gasteiger partial charge in [-0.2, -0.15) is 0 Å². The van der Waals surface area contributed by atoms with Crippen molar-refractivity contribution in [3.63, 3.8) is 0 Å². The second kappa shape index (κ2) is 23.6. The molecule has 50 heavy (non-hydrogen) atoms. The topological polar surface area (TPSA) is 134 Å². The lowest BCUT2D eigenvalue weighted by Crippen LogP contribution is -2.62. The molecule has 0 radical (unpaired) electrons. The molecule has 0 aliphatic carbocycles. The fourth-order valence-electron chi connectivity index (χ4n) is 5.45. The molecule has 1 aliphatic heterocycles. The molecule has 1 aromatic carbocycles. The van der Waals surface area contributed by atoms with E-state index in [1.54, 1.807) is 14.2 Å². The van der Waals surface area contributed by atoms with Crippen LogP contribution in [0.2, 0.25) is 0 Å². The largest absolute Gasteiger partial charge is 0.497 e. The van der Waals surface area contributed by atoms with Gasteiger partial charge in [-0.05, 0) is 53.0 Å². The van der Waals surface area contributed by atoms with Gasteiger partial charge in [-0.15, -0.1) is 0 Å². The van der Waals surface area contributed by atoms with E-state index in [-0.39, 0.29) is 12.7 Å². The van der Waals surface area contributed by atoms with Gasteiger partial charge < -0.3 is 42.6 Å². The van der Waals surface area contributed by atoms with Gasteiger partial charge in [0.05, 0.1) is 25.9 Å². The highest BCUT2D eigenvalue weighted by molar-refractivity contribution is 14.1. The van der Waals surface area contributed by atoms with E-state index in [2.05, 4.69) is 48.6 Å². The van der Waals surface area contributed by atoms with E-state index < -0.39 is 54.7 Å². The summed E-state index contributed by atoms with van der Waals surface area (Å²) in [5.74, 6) is -0.667. The van der Waals surface area contributed by atoms with Gasteiger partial charge >= 0.3 is 17.9 Å². The highest BCUT2D eigenvalue weighted by Crippen LogP contribution is 2.31. The van der Waals surface area contributed by atoms with Crippen molar-refractivity contribution in [3.05, 3.63) is 63.8 Å². The van der Waals surface area contributed by atoms with Crippen LogP contribution in [0.1, 0.15) is 59.4 Å². The molecule has 1 saturated heterocycles. The van der Waals surface area contributed by atoms with Crippen molar-refractivity contribution in [2.45, 2.75) is 103 Å². The summed E-state index contributed by atoms with van der Waals surface area (Å²) >= 11 is 2.22. The number of benzene rings is 1. The number of esters is 3. The molecule has 1 unspecified atom stereocenters. The zero-order valence-corrected chi connectivity index (χ0v) is 32.5. The van der Waals surface area contributed by atoms with Gasteiger partial charge in [-0.3, -0.25) is 14.4 Å². The van der Waals surface area contributed by atoms with Gasteiger partial charge in [-0.1, -0.05) is 66.0 Å². The molecule has 0 spiro atoms. The standard InChI is InChI=1S/C37H53IO12/c1-24(11-10-19-38)21-25(2)32(43-7)13-9-12-31(18-20-45-22-29-14-16-30(42-6)17-15-29)49-37-36(48-28(5)41)35(44-8)34(47-27(4)40)33(50-37)23-46-26(3)39/h9-10,12,14-17,19,21,24,31-37H,11,13,18,20,22-23H2,1-8H3/b12-9+,19-10+,25-21+/t24?,31-,32+,33-,34-,35+,36-,37-/m1/s1. The predicted molar refractivity (Wildman–Crippen MR) is 195 cm³/mol. The molecule has 0 bridgehead atoms. The second-order valence-corrected chi connectivity index (χ2v) is 12.7. The summed E-state index contributed by atoms with van der Waals surface area (Å²) < 4.78 is 53.9. The van der Waals surface area contributed by atoms with Crippen LogP contribution >= 0.6 is 22.6 Å². The Balaban J connectivity index is 2.34. The monoisotopic (exact) mass is 816 g/mol. The Morgan fingerprint density at radius 1 is 0.900 bits per heavy atom. The van der Waals surface area contributed by atoms with Gasteiger partial charge in [0.2, 0.25) is 0 Å².